The van der Waals surface area contributed by atoms with Crippen LogP contribution in [0.15, 0.2) is 109 Å². The molecule has 1 saturated heterocycles. The molecule has 0 unspecified atom stereocenters. The number of hydrogen-bond acceptors (Lipinski definition) is 3. The Hall–Kier alpha value is -3.11. The van der Waals surface area contributed by atoms with Gasteiger partial charge in [-0.2, -0.15) is 0 Å². The molecule has 0 aromatic heterocycles. The average molecular weight is 563 g/mol. The molecule has 0 amide bonds. The molecular weight excluding hydrogens is 520 g/mol. The maximum Gasteiger partial charge on any atom is 0.100 e. The first-order valence-electron chi connectivity index (χ1n) is 15.0. The van der Waals surface area contributed by atoms with Crippen molar-refractivity contribution >= 4 is 23.9 Å². The third-order valence-electron chi connectivity index (χ3n) is 8.12. The molecule has 3 heteroatoms. The molecule has 0 spiro atoms. The molecule has 5 rings (SSSR count). The van der Waals surface area contributed by atoms with Crippen LogP contribution in [-0.2, 0) is 29.1 Å². The van der Waals surface area contributed by atoms with E-state index in [9.17, 15) is 0 Å². The highest BCUT2D eigenvalue weighted by Gasteiger charge is 2.45. The third-order valence-corrected chi connectivity index (χ3v) is 10.1. The molecule has 5 atom stereocenters. The van der Waals surface area contributed by atoms with Gasteiger partial charge in [-0.25, -0.2) is 0 Å². The number of ether oxygens (including phenoxy) is 2. The van der Waals surface area contributed by atoms with Gasteiger partial charge >= 0.3 is 0 Å². The lowest BCUT2D eigenvalue weighted by atomic mass is 9.89. The van der Waals surface area contributed by atoms with Gasteiger partial charge in [0.05, 0.1) is 24.6 Å². The van der Waals surface area contributed by atoms with Crippen molar-refractivity contribution in [2.75, 3.05) is 0 Å². The van der Waals surface area contributed by atoms with Crippen molar-refractivity contribution in [3.63, 3.8) is 0 Å². The Bertz CT molecular complexity index is 1370. The van der Waals surface area contributed by atoms with E-state index >= 15 is 0 Å². The van der Waals surface area contributed by atoms with Gasteiger partial charge in [-0.3, -0.25) is 0 Å². The van der Waals surface area contributed by atoms with Crippen LogP contribution in [0.3, 0.4) is 0 Å². The van der Waals surface area contributed by atoms with E-state index in [0.717, 1.165) is 12.8 Å². The average Bonchev–Trinajstić information content (AvgIpc) is 3.03. The van der Waals surface area contributed by atoms with Crippen LogP contribution < -0.4 is 0 Å². The lowest BCUT2D eigenvalue weighted by Crippen LogP contribution is -2.48. The van der Waals surface area contributed by atoms with E-state index in [1.54, 1.807) is 0 Å². The van der Waals surface area contributed by atoms with Gasteiger partial charge in [-0.05, 0) is 52.1 Å². The minimum Gasteiger partial charge on any atom is -0.370 e. The zero-order valence-electron chi connectivity index (χ0n) is 24.5. The normalized spacial score (nSPS) is 22.7. The van der Waals surface area contributed by atoms with E-state index in [-0.39, 0.29) is 17.5 Å². The highest BCUT2D eigenvalue weighted by Crippen LogP contribution is 2.49. The molecule has 0 bridgehead atoms. The van der Waals surface area contributed by atoms with E-state index in [1.807, 2.05) is 0 Å². The van der Waals surface area contributed by atoms with Crippen molar-refractivity contribution in [1.29, 1.82) is 0 Å². The first-order valence-corrected chi connectivity index (χ1v) is 15.9. The lowest BCUT2D eigenvalue weighted by molar-refractivity contribution is -0.112. The van der Waals surface area contributed by atoms with Crippen LogP contribution in [0, 0.1) is 5.92 Å². The minimum atomic E-state index is -0.0671. The zero-order chi connectivity index (χ0) is 28.4. The number of aryl methyl sites for hydroxylation is 1. The monoisotopic (exact) mass is 562 g/mol. The van der Waals surface area contributed by atoms with Gasteiger partial charge in [-0.15, -0.1) is 11.8 Å². The summed E-state index contributed by atoms with van der Waals surface area (Å²) in [6, 6.07) is 38.8. The minimum absolute atomic E-state index is 0.00797. The number of rotatable bonds is 11. The molecule has 4 aromatic rings. The summed E-state index contributed by atoms with van der Waals surface area (Å²) < 4.78 is 13.6. The van der Waals surface area contributed by atoms with Crippen LogP contribution in [0.2, 0.25) is 0 Å². The summed E-state index contributed by atoms with van der Waals surface area (Å²) in [5.41, 5.74) is 7.48. The molecule has 4 aromatic carbocycles. The van der Waals surface area contributed by atoms with Crippen molar-refractivity contribution < 1.29 is 9.47 Å². The number of hydrogen-bond donors (Lipinski definition) is 0. The molecule has 0 N–H and O–H groups in total. The molecule has 1 aliphatic rings. The summed E-state index contributed by atoms with van der Waals surface area (Å²) in [6.45, 7) is 8.00. The van der Waals surface area contributed by atoms with E-state index < -0.39 is 0 Å². The summed E-state index contributed by atoms with van der Waals surface area (Å²) in [7, 11) is 0. The predicted octanol–water partition coefficient (Wildman–Crippen LogP) is 9.79. The molecule has 1 fully saturated rings. The molecular formula is C38H42O2S. The van der Waals surface area contributed by atoms with E-state index in [2.05, 4.69) is 154 Å². The van der Waals surface area contributed by atoms with Crippen LogP contribution in [0.5, 0.6) is 0 Å². The lowest BCUT2D eigenvalue weighted by Gasteiger charge is -2.45. The second kappa shape index (κ2) is 14.7. The highest BCUT2D eigenvalue weighted by atomic mass is 32.2. The van der Waals surface area contributed by atoms with Gasteiger partial charge in [0, 0.05) is 5.25 Å². The van der Waals surface area contributed by atoms with E-state index in [0.29, 0.717) is 24.4 Å². The Morgan fingerprint density at radius 3 is 1.85 bits per heavy atom. The Balaban J connectivity index is 1.42. The Kier molecular flexibility index (Phi) is 10.5. The second-order valence-corrected chi connectivity index (χ2v) is 12.4. The Morgan fingerprint density at radius 2 is 1.24 bits per heavy atom. The second-order valence-electron chi connectivity index (χ2n) is 11.0. The van der Waals surface area contributed by atoms with Crippen molar-refractivity contribution in [2.45, 2.75) is 69.5 Å². The van der Waals surface area contributed by atoms with Gasteiger partial charge < -0.3 is 9.47 Å². The maximum atomic E-state index is 6.83. The van der Waals surface area contributed by atoms with Crippen molar-refractivity contribution in [3.8, 4) is 0 Å². The van der Waals surface area contributed by atoms with E-state index in [1.165, 1.54) is 33.4 Å². The Morgan fingerprint density at radius 1 is 0.634 bits per heavy atom. The van der Waals surface area contributed by atoms with Gasteiger partial charge in [0.2, 0.25) is 0 Å². The van der Waals surface area contributed by atoms with Crippen LogP contribution in [0.1, 0.15) is 65.8 Å². The Labute approximate surface area is 250 Å². The van der Waals surface area contributed by atoms with Crippen LogP contribution in [0.4, 0.5) is 0 Å². The van der Waals surface area contributed by atoms with Crippen molar-refractivity contribution in [1.82, 2.24) is 0 Å². The maximum absolute atomic E-state index is 6.83. The molecule has 2 nitrogen and oxygen atoms in total. The predicted molar refractivity (Wildman–Crippen MR) is 175 cm³/mol. The van der Waals surface area contributed by atoms with Crippen molar-refractivity contribution in [3.05, 3.63) is 143 Å². The van der Waals surface area contributed by atoms with Crippen LogP contribution >= 0.6 is 11.8 Å². The molecule has 0 radical (unpaired) electrons. The molecule has 1 aliphatic heterocycles. The fraction of sp³-hybridized carbons (Fsp3) is 0.316. The van der Waals surface area contributed by atoms with Gasteiger partial charge in [0.15, 0.2) is 0 Å². The van der Waals surface area contributed by atoms with Crippen LogP contribution in [-0.4, -0.2) is 17.5 Å². The van der Waals surface area contributed by atoms with Gasteiger partial charge in [0.25, 0.3) is 0 Å². The largest absolute Gasteiger partial charge is 0.370 e. The van der Waals surface area contributed by atoms with E-state index in [4.69, 9.17) is 9.47 Å². The molecule has 0 aliphatic carbocycles. The fourth-order valence-corrected chi connectivity index (χ4v) is 7.33. The first-order chi connectivity index (χ1) is 20.1. The molecule has 212 valence electrons. The van der Waals surface area contributed by atoms with Crippen LogP contribution in [0.25, 0.3) is 12.2 Å². The van der Waals surface area contributed by atoms with Gasteiger partial charge in [0.1, 0.15) is 6.10 Å². The summed E-state index contributed by atoms with van der Waals surface area (Å²) in [4.78, 5) is 0. The summed E-state index contributed by atoms with van der Waals surface area (Å²) >= 11 is 2.06. The number of benzene rings is 4. The molecule has 1 heterocycles. The smallest absolute Gasteiger partial charge is 0.100 e. The SMILES string of the molecule is CCc1ccc(/C=C/c2cccc([C@@H]3S[C@H](CC)[C@@H](C)[C@H](OCc4ccccc4)[C@H]3OCc3ccccc3)c2)cc1. The molecule has 41 heavy (non-hydrogen) atoms. The highest BCUT2D eigenvalue weighted by molar-refractivity contribution is 8.00. The fourth-order valence-electron chi connectivity index (χ4n) is 5.67. The zero-order valence-corrected chi connectivity index (χ0v) is 25.3. The topological polar surface area (TPSA) is 18.5 Å². The quantitative estimate of drug-likeness (QED) is 0.170. The third kappa shape index (κ3) is 7.80. The van der Waals surface area contributed by atoms with Crippen molar-refractivity contribution in [2.24, 2.45) is 5.92 Å². The number of thioether (sulfide) groups is 1. The standard InChI is InChI=1S/C38H42O2S/c1-4-29-19-21-30(22-20-29)23-24-31-17-12-18-34(25-31)38-37(40-27-33-15-10-7-11-16-33)36(28(3)35(5-2)41-38)39-26-32-13-8-6-9-14-32/h6-25,28,35-38H,4-5,26-27H2,1-3H3/b24-23+/t28-,35-,36+,37-,38+/m1/s1. The summed E-state index contributed by atoms with van der Waals surface area (Å²) in [5, 5.41) is 0.673. The summed E-state index contributed by atoms with van der Waals surface area (Å²) in [5.74, 6) is 0.375. The summed E-state index contributed by atoms with van der Waals surface area (Å²) in [6.07, 6.45) is 6.52. The van der Waals surface area contributed by atoms with Gasteiger partial charge in [-0.1, -0.05) is 142 Å². The molecule has 0 saturated carbocycles. The first kappa shape index (κ1) is 29.4.